The van der Waals surface area contributed by atoms with Gasteiger partial charge in [0, 0.05) is 14.7 Å². The Bertz CT molecular complexity index is 622. The Balaban J connectivity index is 2.12. The molecule has 0 unspecified atom stereocenters. The number of benzene rings is 1. The molecule has 0 aliphatic heterocycles. The summed E-state index contributed by atoms with van der Waals surface area (Å²) < 4.78 is 12.9. The van der Waals surface area contributed by atoms with Crippen molar-refractivity contribution in [2.45, 2.75) is 32.4 Å². The van der Waals surface area contributed by atoms with Crippen molar-refractivity contribution in [1.29, 1.82) is 0 Å². The zero-order chi connectivity index (χ0) is 16.2. The molecule has 0 saturated carbocycles. The fraction of sp³-hybridized carbons (Fsp3) is 0.467. The van der Waals surface area contributed by atoms with Gasteiger partial charge in [0.1, 0.15) is 13.1 Å². The molecule has 0 fully saturated rings. The molecule has 6 nitrogen and oxygen atoms in total. The molecule has 22 heavy (non-hydrogen) atoms. The molecule has 0 saturated heterocycles. The second kappa shape index (κ2) is 6.93. The summed E-state index contributed by atoms with van der Waals surface area (Å²) in [7, 11) is 0.512. The molecule has 0 bridgehead atoms. The molecule has 2 aromatic rings. The van der Waals surface area contributed by atoms with Crippen LogP contribution in [0.15, 0.2) is 24.5 Å². The number of nitrogens with two attached hydrogens (primary N) is 1. The highest BCUT2D eigenvalue weighted by molar-refractivity contribution is 6.76. The first kappa shape index (κ1) is 16.5. The predicted octanol–water partition coefficient (Wildman–Crippen LogP) is 2.85. The van der Waals surface area contributed by atoms with E-state index < -0.39 is 8.07 Å². The highest BCUT2D eigenvalue weighted by Gasteiger charge is 2.16. The van der Waals surface area contributed by atoms with E-state index in [9.17, 15) is 0 Å². The topological polar surface area (TPSA) is 75.2 Å². The number of para-hydroxylation sites is 1. The normalized spacial score (nSPS) is 11.6. The minimum Gasteiger partial charge on any atom is -0.494 e. The molecule has 0 aliphatic rings. The van der Waals surface area contributed by atoms with Crippen molar-refractivity contribution in [2.24, 2.45) is 0 Å². The summed E-state index contributed by atoms with van der Waals surface area (Å²) in [6.07, 6.45) is 1.51. The number of ether oxygens (including phenoxy) is 2. The number of hydrogen-bond acceptors (Lipinski definition) is 5. The molecule has 120 valence electrons. The summed E-state index contributed by atoms with van der Waals surface area (Å²) in [5, 5.41) is 4.23. The molecule has 0 amide bonds. The average molecular weight is 320 g/mol. The van der Waals surface area contributed by atoms with Crippen LogP contribution in [-0.2, 0) is 11.5 Å². The lowest BCUT2D eigenvalue weighted by molar-refractivity contribution is 0.0796. The Morgan fingerprint density at radius 1 is 1.27 bits per heavy atom. The molecule has 7 heteroatoms. The highest BCUT2D eigenvalue weighted by Crippen LogP contribution is 2.33. The van der Waals surface area contributed by atoms with E-state index in [0.717, 1.165) is 18.2 Å². The number of methoxy groups -OCH3 is 1. The summed E-state index contributed by atoms with van der Waals surface area (Å²) in [6, 6.07) is 6.71. The van der Waals surface area contributed by atoms with Gasteiger partial charge in [-0.1, -0.05) is 25.7 Å². The van der Waals surface area contributed by atoms with Crippen LogP contribution in [0.4, 0.5) is 5.69 Å². The molecule has 0 radical (unpaired) electrons. The van der Waals surface area contributed by atoms with Crippen molar-refractivity contribution in [3.63, 3.8) is 0 Å². The van der Waals surface area contributed by atoms with E-state index in [1.807, 2.05) is 12.1 Å². The maximum Gasteiger partial charge on any atom is 0.164 e. The number of hydrogen-bond donors (Lipinski definition) is 1. The minimum absolute atomic E-state index is 0.373. The van der Waals surface area contributed by atoms with Crippen molar-refractivity contribution in [3.8, 4) is 17.1 Å². The van der Waals surface area contributed by atoms with Gasteiger partial charge in [0.15, 0.2) is 11.6 Å². The summed E-state index contributed by atoms with van der Waals surface area (Å²) in [4.78, 5) is 4.31. The third-order valence-corrected chi connectivity index (χ3v) is 5.02. The zero-order valence-corrected chi connectivity index (χ0v) is 14.7. The van der Waals surface area contributed by atoms with E-state index in [-0.39, 0.29) is 0 Å². The molecule has 0 atom stereocenters. The number of nitrogens with zero attached hydrogens (tertiary/aromatic N) is 3. The third-order valence-electron chi connectivity index (χ3n) is 3.32. The molecular formula is C15H24N4O2Si. The van der Waals surface area contributed by atoms with Crippen molar-refractivity contribution in [3.05, 3.63) is 24.5 Å². The van der Waals surface area contributed by atoms with E-state index in [0.29, 0.717) is 24.0 Å². The largest absolute Gasteiger partial charge is 0.494 e. The van der Waals surface area contributed by atoms with Gasteiger partial charge in [-0.25, -0.2) is 9.67 Å². The molecule has 1 aromatic heterocycles. The molecule has 0 spiro atoms. The molecule has 2 rings (SSSR count). The van der Waals surface area contributed by atoms with Crippen LogP contribution in [0, 0.1) is 0 Å². The van der Waals surface area contributed by atoms with Crippen LogP contribution < -0.4 is 10.5 Å². The zero-order valence-electron chi connectivity index (χ0n) is 13.7. The van der Waals surface area contributed by atoms with Crippen LogP contribution in [0.25, 0.3) is 11.4 Å². The Morgan fingerprint density at radius 3 is 2.73 bits per heavy atom. The van der Waals surface area contributed by atoms with Crippen LogP contribution in [0.2, 0.25) is 25.7 Å². The van der Waals surface area contributed by atoms with Gasteiger partial charge in [0.2, 0.25) is 0 Å². The number of aromatic nitrogens is 3. The molecule has 2 N–H and O–H groups in total. The fourth-order valence-corrected chi connectivity index (χ4v) is 2.81. The lowest BCUT2D eigenvalue weighted by atomic mass is 10.1. The van der Waals surface area contributed by atoms with Gasteiger partial charge in [-0.2, -0.15) is 5.10 Å². The highest BCUT2D eigenvalue weighted by atomic mass is 28.3. The number of anilines is 1. The molecule has 1 aromatic carbocycles. The third kappa shape index (κ3) is 4.08. The Morgan fingerprint density at radius 2 is 2.05 bits per heavy atom. The SMILES string of the molecule is COc1c(N)cccc1-c1ncnn1COCC[Si](C)(C)C. The van der Waals surface area contributed by atoms with E-state index in [1.165, 1.54) is 6.33 Å². The van der Waals surface area contributed by atoms with Crippen molar-refractivity contribution >= 4 is 13.8 Å². The average Bonchev–Trinajstić information content (AvgIpc) is 2.90. The lowest BCUT2D eigenvalue weighted by Gasteiger charge is -2.16. The smallest absolute Gasteiger partial charge is 0.164 e. The van der Waals surface area contributed by atoms with Gasteiger partial charge in [0.05, 0.1) is 18.4 Å². The fourth-order valence-electron chi connectivity index (χ4n) is 2.06. The van der Waals surface area contributed by atoms with Crippen molar-refractivity contribution in [1.82, 2.24) is 14.8 Å². The van der Waals surface area contributed by atoms with Crippen LogP contribution >= 0.6 is 0 Å². The van der Waals surface area contributed by atoms with Crippen molar-refractivity contribution < 1.29 is 9.47 Å². The van der Waals surface area contributed by atoms with Crippen LogP contribution in [-0.4, -0.2) is 36.6 Å². The maximum absolute atomic E-state index is 5.95. The van der Waals surface area contributed by atoms with Crippen molar-refractivity contribution in [2.75, 3.05) is 19.5 Å². The van der Waals surface area contributed by atoms with Gasteiger partial charge >= 0.3 is 0 Å². The van der Waals surface area contributed by atoms with E-state index in [4.69, 9.17) is 15.2 Å². The summed E-state index contributed by atoms with van der Waals surface area (Å²) in [5.74, 6) is 1.30. The van der Waals surface area contributed by atoms with Gasteiger partial charge < -0.3 is 15.2 Å². The van der Waals surface area contributed by atoms with Crippen LogP contribution in [0.5, 0.6) is 5.75 Å². The Hall–Kier alpha value is -1.86. The van der Waals surface area contributed by atoms with E-state index in [2.05, 4.69) is 29.7 Å². The van der Waals surface area contributed by atoms with Gasteiger partial charge in [-0.3, -0.25) is 0 Å². The molecule has 0 aliphatic carbocycles. The Labute approximate surface area is 132 Å². The lowest BCUT2D eigenvalue weighted by Crippen LogP contribution is -2.22. The number of rotatable bonds is 7. The second-order valence-corrected chi connectivity index (χ2v) is 12.0. The monoisotopic (exact) mass is 320 g/mol. The van der Waals surface area contributed by atoms with E-state index >= 15 is 0 Å². The maximum atomic E-state index is 5.95. The molecule has 1 heterocycles. The van der Waals surface area contributed by atoms with Gasteiger partial charge in [-0.15, -0.1) is 0 Å². The standard InChI is InChI=1S/C15H24N4O2Si/c1-20-14-12(6-5-7-13(14)16)15-17-10-18-19(15)11-21-8-9-22(2,3)4/h5-7,10H,8-9,11,16H2,1-4H3. The summed E-state index contributed by atoms with van der Waals surface area (Å²) in [5.41, 5.74) is 7.34. The Kier molecular flexibility index (Phi) is 5.20. The summed E-state index contributed by atoms with van der Waals surface area (Å²) in [6.45, 7) is 8.10. The first-order valence-electron chi connectivity index (χ1n) is 7.31. The first-order valence-corrected chi connectivity index (χ1v) is 11.0. The van der Waals surface area contributed by atoms with Crippen LogP contribution in [0.1, 0.15) is 0 Å². The molecular weight excluding hydrogens is 296 g/mol. The van der Waals surface area contributed by atoms with Gasteiger partial charge in [-0.05, 0) is 18.2 Å². The quantitative estimate of drug-likeness (QED) is 0.482. The van der Waals surface area contributed by atoms with Gasteiger partial charge in [0.25, 0.3) is 0 Å². The summed E-state index contributed by atoms with van der Waals surface area (Å²) >= 11 is 0. The number of nitrogen functional groups attached to an aromatic ring is 1. The first-order chi connectivity index (χ1) is 10.4. The predicted molar refractivity (Wildman–Crippen MR) is 90.5 cm³/mol. The van der Waals surface area contributed by atoms with Crippen LogP contribution in [0.3, 0.4) is 0 Å². The minimum atomic E-state index is -1.09. The second-order valence-electron chi connectivity index (χ2n) is 6.36. The van der Waals surface area contributed by atoms with E-state index in [1.54, 1.807) is 17.9 Å².